The van der Waals surface area contributed by atoms with Crippen LogP contribution in [-0.2, 0) is 38.3 Å². The van der Waals surface area contributed by atoms with E-state index in [0.29, 0.717) is 32.5 Å². The highest BCUT2D eigenvalue weighted by Gasteiger charge is 2.13. The highest BCUT2D eigenvalue weighted by molar-refractivity contribution is 5.66. The van der Waals surface area contributed by atoms with Gasteiger partial charge in [0, 0.05) is 20.3 Å². The molecule has 0 aromatic heterocycles. The summed E-state index contributed by atoms with van der Waals surface area (Å²) < 4.78 is 9.98. The Hall–Kier alpha value is -3.02. The lowest BCUT2D eigenvalue weighted by molar-refractivity contribution is -0.142. The minimum Gasteiger partial charge on any atom is -0.507 e. The molecule has 2 aromatic carbocycles. The number of rotatable bonds is 10. The maximum absolute atomic E-state index is 10.9. The molecule has 0 unspecified atom stereocenters. The predicted molar refractivity (Wildman–Crippen MR) is 118 cm³/mol. The molecule has 0 aliphatic heterocycles. The van der Waals surface area contributed by atoms with Crippen LogP contribution in [-0.4, -0.2) is 35.4 Å². The van der Waals surface area contributed by atoms with E-state index in [-0.39, 0.29) is 23.4 Å². The average molecular weight is 429 g/mol. The van der Waals surface area contributed by atoms with Gasteiger partial charge in [0.05, 0.1) is 13.2 Å². The first kappa shape index (κ1) is 24.3. The van der Waals surface area contributed by atoms with Crippen LogP contribution in [0.4, 0.5) is 0 Å². The van der Waals surface area contributed by atoms with Crippen molar-refractivity contribution in [3.05, 3.63) is 57.6 Å². The quantitative estimate of drug-likeness (QED) is 0.433. The van der Waals surface area contributed by atoms with Gasteiger partial charge in [0.1, 0.15) is 11.5 Å². The van der Waals surface area contributed by atoms with Crippen molar-refractivity contribution in [3.63, 3.8) is 0 Å². The molecule has 0 fully saturated rings. The Kier molecular flexibility index (Phi) is 8.91. The maximum atomic E-state index is 10.9. The molecule has 31 heavy (non-hydrogen) atoms. The zero-order chi connectivity index (χ0) is 23.0. The minimum atomic E-state index is -0.291. The number of carbonyl (C=O) groups excluding carboxylic acids is 2. The molecule has 6 heteroatoms. The van der Waals surface area contributed by atoms with Gasteiger partial charge in [-0.2, -0.15) is 0 Å². The fraction of sp³-hybridized carbons (Fsp3) is 0.440. The third kappa shape index (κ3) is 7.63. The summed E-state index contributed by atoms with van der Waals surface area (Å²) in [6.07, 6.45) is 3.25. The van der Waals surface area contributed by atoms with Crippen molar-refractivity contribution in [2.45, 2.75) is 59.8 Å². The van der Waals surface area contributed by atoms with Gasteiger partial charge in [-0.25, -0.2) is 0 Å². The van der Waals surface area contributed by atoms with Crippen molar-refractivity contribution in [1.29, 1.82) is 0 Å². The van der Waals surface area contributed by atoms with Crippen LogP contribution in [0.25, 0.3) is 0 Å². The van der Waals surface area contributed by atoms with E-state index < -0.39 is 0 Å². The second-order valence-electron chi connectivity index (χ2n) is 7.90. The lowest BCUT2D eigenvalue weighted by Gasteiger charge is -2.14. The normalized spacial score (nSPS) is 10.7. The van der Waals surface area contributed by atoms with Gasteiger partial charge in [-0.05, 0) is 72.9 Å². The van der Waals surface area contributed by atoms with Crippen LogP contribution >= 0.6 is 0 Å². The van der Waals surface area contributed by atoms with E-state index in [2.05, 4.69) is 0 Å². The molecule has 0 heterocycles. The summed E-state index contributed by atoms with van der Waals surface area (Å²) >= 11 is 0. The molecule has 168 valence electrons. The van der Waals surface area contributed by atoms with E-state index in [1.807, 2.05) is 38.1 Å². The van der Waals surface area contributed by atoms with Gasteiger partial charge in [-0.1, -0.05) is 24.3 Å². The highest BCUT2D eigenvalue weighted by atomic mass is 16.5. The molecular weight excluding hydrogens is 396 g/mol. The highest BCUT2D eigenvalue weighted by Crippen LogP contribution is 2.32. The number of esters is 2. The molecular formula is C25H32O6. The smallest absolute Gasteiger partial charge is 0.302 e. The second-order valence-corrected chi connectivity index (χ2v) is 7.90. The van der Waals surface area contributed by atoms with Gasteiger partial charge in [0.15, 0.2) is 0 Å². The van der Waals surface area contributed by atoms with Crippen molar-refractivity contribution in [2.24, 2.45) is 0 Å². The summed E-state index contributed by atoms with van der Waals surface area (Å²) in [5, 5.41) is 21.2. The summed E-state index contributed by atoms with van der Waals surface area (Å²) in [4.78, 5) is 21.8. The average Bonchev–Trinajstić information content (AvgIpc) is 2.69. The molecule has 0 spiro atoms. The van der Waals surface area contributed by atoms with Crippen LogP contribution < -0.4 is 0 Å². The topological polar surface area (TPSA) is 93.1 Å². The Bertz CT molecular complexity index is 857. The third-order valence-corrected chi connectivity index (χ3v) is 5.09. The fourth-order valence-corrected chi connectivity index (χ4v) is 3.61. The van der Waals surface area contributed by atoms with Crippen molar-refractivity contribution in [2.75, 3.05) is 13.2 Å². The van der Waals surface area contributed by atoms with Gasteiger partial charge in [0.25, 0.3) is 0 Å². The second kappa shape index (κ2) is 11.4. The fourth-order valence-electron chi connectivity index (χ4n) is 3.61. The number of carbonyl (C=O) groups is 2. The van der Waals surface area contributed by atoms with E-state index in [0.717, 1.165) is 46.2 Å². The first-order chi connectivity index (χ1) is 14.7. The number of aromatic hydroxyl groups is 2. The van der Waals surface area contributed by atoms with Crippen molar-refractivity contribution >= 4 is 11.9 Å². The van der Waals surface area contributed by atoms with Crippen LogP contribution in [0, 0.1) is 13.8 Å². The zero-order valence-electron chi connectivity index (χ0n) is 18.8. The monoisotopic (exact) mass is 428 g/mol. The minimum absolute atomic E-state index is 0.223. The molecule has 2 aromatic rings. The standard InChI is InChI=1S/C25H32O6/c1-16-11-20(7-5-9-30-18(3)26)13-22(24(16)28)15-23-14-21(12-17(2)25(23)29)8-6-10-31-19(4)27/h11-14,28-29H,5-10,15H2,1-4H3. The molecule has 0 saturated heterocycles. The van der Waals surface area contributed by atoms with E-state index in [1.165, 1.54) is 13.8 Å². The van der Waals surface area contributed by atoms with Gasteiger partial charge in [-0.15, -0.1) is 0 Å². The molecule has 0 aliphatic rings. The molecule has 0 radical (unpaired) electrons. The molecule has 0 aliphatic carbocycles. The Morgan fingerprint density at radius 1 is 0.742 bits per heavy atom. The summed E-state index contributed by atoms with van der Waals surface area (Å²) in [6, 6.07) is 7.75. The van der Waals surface area contributed by atoms with E-state index in [1.54, 1.807) is 0 Å². The third-order valence-electron chi connectivity index (χ3n) is 5.09. The van der Waals surface area contributed by atoms with Gasteiger partial charge in [-0.3, -0.25) is 9.59 Å². The molecule has 0 amide bonds. The van der Waals surface area contributed by atoms with Gasteiger partial charge < -0.3 is 19.7 Å². The summed E-state index contributed by atoms with van der Waals surface area (Å²) in [5.74, 6) is -0.135. The first-order valence-electron chi connectivity index (χ1n) is 10.6. The van der Waals surface area contributed by atoms with Crippen LogP contribution in [0.2, 0.25) is 0 Å². The Morgan fingerprint density at radius 3 is 1.48 bits per heavy atom. The van der Waals surface area contributed by atoms with Gasteiger partial charge in [0.2, 0.25) is 0 Å². The summed E-state index contributed by atoms with van der Waals surface area (Å²) in [6.45, 7) is 7.21. The Morgan fingerprint density at radius 2 is 1.13 bits per heavy atom. The lowest BCUT2D eigenvalue weighted by atomic mass is 9.94. The van der Waals surface area contributed by atoms with E-state index >= 15 is 0 Å². The maximum Gasteiger partial charge on any atom is 0.302 e. The summed E-state index contributed by atoms with van der Waals surface area (Å²) in [5.41, 5.74) is 5.13. The first-order valence-corrected chi connectivity index (χ1v) is 10.6. The van der Waals surface area contributed by atoms with E-state index in [9.17, 15) is 19.8 Å². The van der Waals surface area contributed by atoms with Crippen LogP contribution in [0.5, 0.6) is 11.5 Å². The van der Waals surface area contributed by atoms with Crippen LogP contribution in [0.1, 0.15) is 60.1 Å². The Labute approximate surface area is 183 Å². The predicted octanol–water partition coefficient (Wildman–Crippen LogP) is 4.30. The largest absolute Gasteiger partial charge is 0.507 e. The Balaban J connectivity index is 2.16. The summed E-state index contributed by atoms with van der Waals surface area (Å²) in [7, 11) is 0. The number of phenols is 2. The van der Waals surface area contributed by atoms with Crippen molar-refractivity contribution in [1.82, 2.24) is 0 Å². The number of hydrogen-bond acceptors (Lipinski definition) is 6. The van der Waals surface area contributed by atoms with Crippen LogP contribution in [0.3, 0.4) is 0 Å². The van der Waals surface area contributed by atoms with Crippen LogP contribution in [0.15, 0.2) is 24.3 Å². The van der Waals surface area contributed by atoms with Crippen molar-refractivity contribution < 1.29 is 29.3 Å². The number of hydrogen-bond donors (Lipinski definition) is 2. The van der Waals surface area contributed by atoms with E-state index in [4.69, 9.17) is 9.47 Å². The lowest BCUT2D eigenvalue weighted by Crippen LogP contribution is -2.03. The molecule has 2 rings (SSSR count). The number of benzene rings is 2. The number of aryl methyl sites for hydroxylation is 4. The number of phenolic OH excluding ortho intramolecular Hbond substituents is 2. The SMILES string of the molecule is CC(=O)OCCCc1cc(C)c(O)c(Cc2cc(CCCOC(C)=O)cc(C)c2O)c1. The molecule has 2 N–H and O–H groups in total. The molecule has 0 saturated carbocycles. The molecule has 6 nitrogen and oxygen atoms in total. The zero-order valence-corrected chi connectivity index (χ0v) is 18.8. The van der Waals surface area contributed by atoms with Gasteiger partial charge >= 0.3 is 11.9 Å². The van der Waals surface area contributed by atoms with Crippen molar-refractivity contribution in [3.8, 4) is 11.5 Å². The molecule has 0 bridgehead atoms. The molecule has 0 atom stereocenters. The number of ether oxygens (including phenoxy) is 2.